The van der Waals surface area contributed by atoms with Gasteiger partial charge in [0.1, 0.15) is 5.02 Å². The lowest BCUT2D eigenvalue weighted by Crippen LogP contribution is -2.37. The number of hydrogen-bond acceptors (Lipinski definition) is 6. The molecule has 1 aliphatic rings. The molecule has 0 N–H and O–H groups in total. The molecular formula is C14H14ClN3O5. The lowest BCUT2D eigenvalue weighted by molar-refractivity contribution is -0.384. The summed E-state index contributed by atoms with van der Waals surface area (Å²) in [6.45, 7) is 2.55. The molecule has 1 aromatic carbocycles. The molecule has 2 rings (SSSR count). The second-order valence-electron chi connectivity index (χ2n) is 4.97. The van der Waals surface area contributed by atoms with E-state index in [0.717, 1.165) is 6.07 Å². The number of oxime groups is 1. The zero-order chi connectivity index (χ0) is 17.0. The molecule has 1 aromatic rings. The van der Waals surface area contributed by atoms with Crippen LogP contribution in [0.25, 0.3) is 0 Å². The summed E-state index contributed by atoms with van der Waals surface area (Å²) in [5, 5.41) is 14.5. The lowest BCUT2D eigenvalue weighted by Gasteiger charge is -2.25. The number of amides is 1. The maximum atomic E-state index is 11.9. The fourth-order valence-corrected chi connectivity index (χ4v) is 2.30. The van der Waals surface area contributed by atoms with Crippen molar-refractivity contribution in [3.63, 3.8) is 0 Å². The summed E-state index contributed by atoms with van der Waals surface area (Å²) in [6.07, 6.45) is 1.04. The van der Waals surface area contributed by atoms with Gasteiger partial charge in [-0.3, -0.25) is 14.9 Å². The second-order valence-corrected chi connectivity index (χ2v) is 5.37. The zero-order valence-electron chi connectivity index (χ0n) is 12.3. The molecule has 1 amide bonds. The third-order valence-corrected chi connectivity index (χ3v) is 3.74. The minimum atomic E-state index is -0.800. The quantitative estimate of drug-likeness (QED) is 0.478. The summed E-state index contributed by atoms with van der Waals surface area (Å²) in [6, 6.07) is 3.63. The number of carbonyl (C=O) groups is 2. The van der Waals surface area contributed by atoms with Gasteiger partial charge in [0, 0.05) is 38.9 Å². The average molecular weight is 340 g/mol. The van der Waals surface area contributed by atoms with Gasteiger partial charge < -0.3 is 9.74 Å². The standard InChI is InChI=1S/C14H14ClN3O5/c1-9(19)17-6-4-11(5-7-17)16-23-14(20)10-2-3-12(15)13(8-10)18(21)22/h2-3,8H,4-7H2,1H3. The number of benzene rings is 1. The molecule has 0 radical (unpaired) electrons. The lowest BCUT2D eigenvalue weighted by atomic mass is 10.1. The molecule has 0 spiro atoms. The van der Waals surface area contributed by atoms with E-state index in [4.69, 9.17) is 16.4 Å². The van der Waals surface area contributed by atoms with Crippen molar-refractivity contribution in [1.82, 2.24) is 4.90 Å². The molecule has 1 aliphatic heterocycles. The molecule has 122 valence electrons. The molecule has 1 fully saturated rings. The topological polar surface area (TPSA) is 102 Å². The number of carbonyl (C=O) groups excluding carboxylic acids is 2. The van der Waals surface area contributed by atoms with Gasteiger partial charge in [0.25, 0.3) is 5.69 Å². The van der Waals surface area contributed by atoms with Crippen LogP contribution in [0.3, 0.4) is 0 Å². The predicted molar refractivity (Wildman–Crippen MR) is 82.4 cm³/mol. The number of nitro benzene ring substituents is 1. The van der Waals surface area contributed by atoms with Crippen LogP contribution < -0.4 is 0 Å². The highest BCUT2D eigenvalue weighted by atomic mass is 35.5. The second kappa shape index (κ2) is 7.19. The van der Waals surface area contributed by atoms with Crippen LogP contribution in [0.1, 0.15) is 30.1 Å². The highest BCUT2D eigenvalue weighted by Crippen LogP contribution is 2.25. The van der Waals surface area contributed by atoms with Gasteiger partial charge in [-0.05, 0) is 12.1 Å². The van der Waals surface area contributed by atoms with Gasteiger partial charge in [0.05, 0.1) is 16.2 Å². The summed E-state index contributed by atoms with van der Waals surface area (Å²) >= 11 is 5.68. The van der Waals surface area contributed by atoms with E-state index in [1.807, 2.05) is 0 Å². The monoisotopic (exact) mass is 339 g/mol. The van der Waals surface area contributed by atoms with Gasteiger partial charge in [0.2, 0.25) is 5.91 Å². The Morgan fingerprint density at radius 1 is 1.35 bits per heavy atom. The Morgan fingerprint density at radius 2 is 2.00 bits per heavy atom. The van der Waals surface area contributed by atoms with Crippen molar-refractivity contribution in [3.05, 3.63) is 38.9 Å². The molecule has 0 saturated carbocycles. The van der Waals surface area contributed by atoms with Gasteiger partial charge >= 0.3 is 5.97 Å². The third kappa shape index (κ3) is 4.26. The van der Waals surface area contributed by atoms with Crippen LogP contribution in [-0.2, 0) is 9.63 Å². The number of rotatable bonds is 3. The summed E-state index contributed by atoms with van der Waals surface area (Å²) in [5.41, 5.74) is 0.287. The third-order valence-electron chi connectivity index (χ3n) is 3.42. The number of nitro groups is 1. The Morgan fingerprint density at radius 3 is 2.57 bits per heavy atom. The van der Waals surface area contributed by atoms with Gasteiger partial charge in [-0.25, -0.2) is 4.79 Å². The highest BCUT2D eigenvalue weighted by Gasteiger charge is 2.19. The first-order valence-corrected chi connectivity index (χ1v) is 7.23. The molecule has 8 nitrogen and oxygen atoms in total. The molecule has 0 aromatic heterocycles. The van der Waals surface area contributed by atoms with Crippen LogP contribution in [0.15, 0.2) is 23.4 Å². The molecule has 1 saturated heterocycles. The fourth-order valence-electron chi connectivity index (χ4n) is 2.11. The molecule has 0 atom stereocenters. The normalized spacial score (nSPS) is 14.3. The van der Waals surface area contributed by atoms with Crippen molar-refractivity contribution < 1.29 is 19.3 Å². The molecule has 23 heavy (non-hydrogen) atoms. The van der Waals surface area contributed by atoms with Gasteiger partial charge in [-0.15, -0.1) is 0 Å². The first-order chi connectivity index (χ1) is 10.9. The van der Waals surface area contributed by atoms with E-state index in [9.17, 15) is 19.7 Å². The average Bonchev–Trinajstić information content (AvgIpc) is 2.53. The zero-order valence-corrected chi connectivity index (χ0v) is 13.1. The molecule has 0 aliphatic carbocycles. The fraction of sp³-hybridized carbons (Fsp3) is 0.357. The first kappa shape index (κ1) is 16.9. The van der Waals surface area contributed by atoms with E-state index in [-0.39, 0.29) is 22.2 Å². The summed E-state index contributed by atoms with van der Waals surface area (Å²) in [7, 11) is 0. The van der Waals surface area contributed by atoms with Crippen LogP contribution in [0.5, 0.6) is 0 Å². The van der Waals surface area contributed by atoms with Crippen molar-refractivity contribution in [3.8, 4) is 0 Å². The smallest absolute Gasteiger partial charge is 0.342 e. The van der Waals surface area contributed by atoms with Gasteiger partial charge in [-0.1, -0.05) is 16.8 Å². The SMILES string of the molecule is CC(=O)N1CCC(=NOC(=O)c2ccc(Cl)c([N+](=O)[O-])c2)CC1. The van der Waals surface area contributed by atoms with Gasteiger partial charge in [0.15, 0.2) is 0 Å². The summed E-state index contributed by atoms with van der Waals surface area (Å²) < 4.78 is 0. The number of piperidine rings is 1. The van der Waals surface area contributed by atoms with Crippen LogP contribution in [0.2, 0.25) is 5.02 Å². The van der Waals surface area contributed by atoms with E-state index in [0.29, 0.717) is 31.6 Å². The number of nitrogens with zero attached hydrogens (tertiary/aromatic N) is 3. The Balaban J connectivity index is 2.00. The van der Waals surface area contributed by atoms with Crippen LogP contribution in [0.4, 0.5) is 5.69 Å². The maximum absolute atomic E-state index is 11.9. The van der Waals surface area contributed by atoms with E-state index >= 15 is 0 Å². The van der Waals surface area contributed by atoms with E-state index < -0.39 is 10.9 Å². The van der Waals surface area contributed by atoms with Crippen molar-refractivity contribution in [2.24, 2.45) is 5.16 Å². The van der Waals surface area contributed by atoms with Crippen LogP contribution >= 0.6 is 11.6 Å². The Labute approximate surface area is 136 Å². The molecular weight excluding hydrogens is 326 g/mol. The molecule has 0 bridgehead atoms. The minimum absolute atomic E-state index is 0.00508. The number of likely N-dealkylation sites (tertiary alicyclic amines) is 1. The Kier molecular flexibility index (Phi) is 5.28. The van der Waals surface area contributed by atoms with Crippen molar-refractivity contribution in [2.75, 3.05) is 13.1 Å². The van der Waals surface area contributed by atoms with E-state index in [2.05, 4.69) is 5.16 Å². The minimum Gasteiger partial charge on any atom is -0.342 e. The molecule has 0 unspecified atom stereocenters. The van der Waals surface area contributed by atoms with E-state index in [1.165, 1.54) is 19.1 Å². The number of halogens is 1. The molecule has 1 heterocycles. The summed E-state index contributed by atoms with van der Waals surface area (Å²) in [5.74, 6) is -0.805. The summed E-state index contributed by atoms with van der Waals surface area (Å²) in [4.78, 5) is 39.7. The van der Waals surface area contributed by atoms with Crippen molar-refractivity contribution in [2.45, 2.75) is 19.8 Å². The maximum Gasteiger partial charge on any atom is 0.365 e. The number of hydrogen-bond donors (Lipinski definition) is 0. The van der Waals surface area contributed by atoms with Gasteiger partial charge in [-0.2, -0.15) is 0 Å². The predicted octanol–water partition coefficient (Wildman–Crippen LogP) is 2.40. The largest absolute Gasteiger partial charge is 0.365 e. The first-order valence-electron chi connectivity index (χ1n) is 6.85. The Hall–Kier alpha value is -2.48. The van der Waals surface area contributed by atoms with Crippen LogP contribution in [-0.4, -0.2) is 40.5 Å². The van der Waals surface area contributed by atoms with Crippen LogP contribution in [0, 0.1) is 10.1 Å². The van der Waals surface area contributed by atoms with Crippen molar-refractivity contribution >= 4 is 34.9 Å². The van der Waals surface area contributed by atoms with E-state index in [1.54, 1.807) is 4.90 Å². The highest BCUT2D eigenvalue weighted by molar-refractivity contribution is 6.32. The van der Waals surface area contributed by atoms with Crippen molar-refractivity contribution in [1.29, 1.82) is 0 Å². The Bertz CT molecular complexity index is 679. The molecule has 9 heteroatoms.